The average Bonchev–Trinajstić information content (AvgIpc) is 2.95. The van der Waals surface area contributed by atoms with Crippen LogP contribution in [0.3, 0.4) is 0 Å². The second-order valence-corrected chi connectivity index (χ2v) is 7.34. The summed E-state index contributed by atoms with van der Waals surface area (Å²) in [5, 5.41) is 8.96. The zero-order chi connectivity index (χ0) is 19.2. The van der Waals surface area contributed by atoms with Gasteiger partial charge in [-0.2, -0.15) is 5.26 Å². The molecule has 0 atom stereocenters. The van der Waals surface area contributed by atoms with Crippen LogP contribution in [0.5, 0.6) is 11.5 Å². The number of nitriles is 1. The summed E-state index contributed by atoms with van der Waals surface area (Å²) in [5.41, 5.74) is 3.08. The van der Waals surface area contributed by atoms with Crippen LogP contribution in [-0.4, -0.2) is 45.3 Å². The van der Waals surface area contributed by atoms with E-state index in [0.717, 1.165) is 55.1 Å². The Morgan fingerprint density at radius 1 is 1.00 bits per heavy atom. The van der Waals surface area contributed by atoms with Crippen LogP contribution < -0.4 is 14.4 Å². The van der Waals surface area contributed by atoms with Gasteiger partial charge in [-0.1, -0.05) is 6.07 Å². The molecule has 0 saturated carbocycles. The molecule has 5 nitrogen and oxygen atoms in total. The molecular weight excluding hydrogens is 406 g/mol. The molecule has 1 heterocycles. The Kier molecular flexibility index (Phi) is 6.59. The van der Waals surface area contributed by atoms with E-state index in [1.54, 1.807) is 14.2 Å². The SMILES string of the molecule is COc1ccc(CN2CCCN(c3ccc(C#N)cc3)CC2)c(Br)c1OC. The largest absolute Gasteiger partial charge is 0.493 e. The van der Waals surface area contributed by atoms with Crippen LogP contribution in [0, 0.1) is 11.3 Å². The standard InChI is InChI=1S/C21H24BrN3O2/c1-26-19-9-6-17(20(22)21(19)27-2)15-24-10-3-11-25(13-12-24)18-7-4-16(14-23)5-8-18/h4-9H,3,10-13,15H2,1-2H3. The quantitative estimate of drug-likeness (QED) is 0.717. The monoisotopic (exact) mass is 429 g/mol. The summed E-state index contributed by atoms with van der Waals surface area (Å²) in [5.74, 6) is 1.47. The molecule has 0 unspecified atom stereocenters. The Hall–Kier alpha value is -2.23. The summed E-state index contributed by atoms with van der Waals surface area (Å²) in [6.45, 7) is 4.89. The molecule has 1 aliphatic rings. The van der Waals surface area contributed by atoms with E-state index in [4.69, 9.17) is 14.7 Å². The molecule has 0 spiro atoms. The molecule has 2 aromatic carbocycles. The number of hydrogen-bond acceptors (Lipinski definition) is 5. The summed E-state index contributed by atoms with van der Waals surface area (Å²) < 4.78 is 11.8. The van der Waals surface area contributed by atoms with Crippen molar-refractivity contribution in [2.45, 2.75) is 13.0 Å². The molecule has 0 radical (unpaired) electrons. The maximum absolute atomic E-state index is 8.96. The van der Waals surface area contributed by atoms with Gasteiger partial charge < -0.3 is 14.4 Å². The molecule has 0 aromatic heterocycles. The summed E-state index contributed by atoms with van der Waals surface area (Å²) in [4.78, 5) is 4.86. The first-order chi connectivity index (χ1) is 13.2. The van der Waals surface area contributed by atoms with Gasteiger partial charge in [-0.15, -0.1) is 0 Å². The van der Waals surface area contributed by atoms with Gasteiger partial charge >= 0.3 is 0 Å². The number of hydrogen-bond donors (Lipinski definition) is 0. The number of halogens is 1. The van der Waals surface area contributed by atoms with Crippen molar-refractivity contribution in [2.75, 3.05) is 45.3 Å². The first-order valence-electron chi connectivity index (χ1n) is 9.03. The minimum Gasteiger partial charge on any atom is -0.493 e. The van der Waals surface area contributed by atoms with Gasteiger partial charge in [0.1, 0.15) is 0 Å². The van der Waals surface area contributed by atoms with E-state index >= 15 is 0 Å². The lowest BCUT2D eigenvalue weighted by Crippen LogP contribution is -2.30. The zero-order valence-electron chi connectivity index (χ0n) is 15.7. The van der Waals surface area contributed by atoms with E-state index in [9.17, 15) is 0 Å². The number of rotatable bonds is 5. The predicted molar refractivity (Wildman–Crippen MR) is 111 cm³/mol. The fraction of sp³-hybridized carbons (Fsp3) is 0.381. The van der Waals surface area contributed by atoms with Crippen LogP contribution in [0.1, 0.15) is 17.5 Å². The van der Waals surface area contributed by atoms with Gasteiger partial charge in [0.05, 0.1) is 30.3 Å². The first-order valence-corrected chi connectivity index (χ1v) is 9.82. The molecule has 142 valence electrons. The van der Waals surface area contributed by atoms with Crippen molar-refractivity contribution >= 4 is 21.6 Å². The summed E-state index contributed by atoms with van der Waals surface area (Å²) in [7, 11) is 3.31. The smallest absolute Gasteiger partial charge is 0.175 e. The Morgan fingerprint density at radius 3 is 2.44 bits per heavy atom. The van der Waals surface area contributed by atoms with Crippen molar-refractivity contribution in [3.8, 4) is 17.6 Å². The highest BCUT2D eigenvalue weighted by Crippen LogP contribution is 2.38. The molecule has 1 saturated heterocycles. The lowest BCUT2D eigenvalue weighted by atomic mass is 10.2. The molecular formula is C21H24BrN3O2. The Labute approximate surface area is 169 Å². The van der Waals surface area contributed by atoms with Crippen molar-refractivity contribution in [1.82, 2.24) is 4.90 Å². The molecule has 3 rings (SSSR count). The highest BCUT2D eigenvalue weighted by Gasteiger charge is 2.18. The van der Waals surface area contributed by atoms with Gasteiger partial charge in [0, 0.05) is 38.4 Å². The highest BCUT2D eigenvalue weighted by molar-refractivity contribution is 9.10. The number of ether oxygens (including phenoxy) is 2. The van der Waals surface area contributed by atoms with Gasteiger partial charge in [0.15, 0.2) is 11.5 Å². The molecule has 27 heavy (non-hydrogen) atoms. The van der Waals surface area contributed by atoms with Crippen LogP contribution in [0.2, 0.25) is 0 Å². The molecule has 0 bridgehead atoms. The molecule has 0 N–H and O–H groups in total. The van der Waals surface area contributed by atoms with Gasteiger partial charge in [-0.05, 0) is 58.2 Å². The average molecular weight is 430 g/mol. The van der Waals surface area contributed by atoms with Crippen molar-refractivity contribution in [3.63, 3.8) is 0 Å². The van der Waals surface area contributed by atoms with E-state index in [-0.39, 0.29) is 0 Å². The fourth-order valence-corrected chi connectivity index (χ4v) is 4.04. The lowest BCUT2D eigenvalue weighted by Gasteiger charge is -2.24. The molecule has 0 amide bonds. The van der Waals surface area contributed by atoms with Gasteiger partial charge in [-0.25, -0.2) is 0 Å². The maximum atomic E-state index is 8.96. The molecule has 2 aromatic rings. The van der Waals surface area contributed by atoms with E-state index < -0.39 is 0 Å². The van der Waals surface area contributed by atoms with Gasteiger partial charge in [-0.3, -0.25) is 4.90 Å². The third-order valence-electron chi connectivity index (χ3n) is 4.91. The fourth-order valence-electron chi connectivity index (χ4n) is 3.43. The van der Waals surface area contributed by atoms with Crippen LogP contribution >= 0.6 is 15.9 Å². The first kappa shape index (κ1) is 19.5. The normalized spacial score (nSPS) is 15.1. The van der Waals surface area contributed by atoms with E-state index in [1.165, 1.54) is 11.3 Å². The number of nitrogens with zero attached hydrogens (tertiary/aromatic N) is 3. The minimum atomic E-state index is 0.702. The van der Waals surface area contributed by atoms with Gasteiger partial charge in [0.25, 0.3) is 0 Å². The van der Waals surface area contributed by atoms with Crippen molar-refractivity contribution in [3.05, 3.63) is 52.0 Å². The lowest BCUT2D eigenvalue weighted by molar-refractivity contribution is 0.283. The predicted octanol–water partition coefficient (Wildman–Crippen LogP) is 4.05. The highest BCUT2D eigenvalue weighted by atomic mass is 79.9. The van der Waals surface area contributed by atoms with Crippen LogP contribution in [0.15, 0.2) is 40.9 Å². The van der Waals surface area contributed by atoms with E-state index in [2.05, 4.69) is 37.9 Å². The maximum Gasteiger partial charge on any atom is 0.175 e. The number of anilines is 1. The summed E-state index contributed by atoms with van der Waals surface area (Å²) >= 11 is 3.67. The van der Waals surface area contributed by atoms with E-state index in [1.807, 2.05) is 30.3 Å². The minimum absolute atomic E-state index is 0.702. The number of methoxy groups -OCH3 is 2. The molecule has 1 fully saturated rings. The van der Waals surface area contributed by atoms with Crippen LogP contribution in [0.25, 0.3) is 0 Å². The topological polar surface area (TPSA) is 48.7 Å². The molecule has 1 aliphatic heterocycles. The Morgan fingerprint density at radius 2 is 1.78 bits per heavy atom. The van der Waals surface area contributed by atoms with Crippen molar-refractivity contribution < 1.29 is 9.47 Å². The van der Waals surface area contributed by atoms with E-state index in [0.29, 0.717) is 5.56 Å². The second kappa shape index (κ2) is 9.12. The summed E-state index contributed by atoms with van der Waals surface area (Å²) in [6, 6.07) is 14.1. The number of benzene rings is 2. The zero-order valence-corrected chi connectivity index (χ0v) is 17.3. The van der Waals surface area contributed by atoms with Crippen LogP contribution in [0.4, 0.5) is 5.69 Å². The Bertz CT molecular complexity index is 817. The van der Waals surface area contributed by atoms with Crippen molar-refractivity contribution in [2.24, 2.45) is 0 Å². The third kappa shape index (κ3) is 4.55. The Balaban J connectivity index is 1.67. The van der Waals surface area contributed by atoms with Crippen molar-refractivity contribution in [1.29, 1.82) is 5.26 Å². The van der Waals surface area contributed by atoms with Crippen LogP contribution in [-0.2, 0) is 6.54 Å². The molecule has 0 aliphatic carbocycles. The third-order valence-corrected chi connectivity index (χ3v) is 5.78. The molecule has 6 heteroatoms. The second-order valence-electron chi connectivity index (χ2n) is 6.55. The van der Waals surface area contributed by atoms with Gasteiger partial charge in [0.2, 0.25) is 0 Å². The summed E-state index contributed by atoms with van der Waals surface area (Å²) in [6.07, 6.45) is 1.10.